The van der Waals surface area contributed by atoms with Gasteiger partial charge < -0.3 is 15.0 Å². The molecule has 0 spiro atoms. The van der Waals surface area contributed by atoms with Crippen LogP contribution in [0.5, 0.6) is 5.75 Å². The van der Waals surface area contributed by atoms with Crippen molar-refractivity contribution in [3.05, 3.63) is 59.7 Å². The van der Waals surface area contributed by atoms with Gasteiger partial charge in [-0.15, -0.1) is 0 Å². The average molecular weight is 352 g/mol. The van der Waals surface area contributed by atoms with E-state index in [0.29, 0.717) is 37.2 Å². The zero-order valence-corrected chi connectivity index (χ0v) is 15.2. The van der Waals surface area contributed by atoms with Crippen molar-refractivity contribution in [2.24, 2.45) is 5.92 Å². The van der Waals surface area contributed by atoms with Crippen molar-refractivity contribution in [2.45, 2.75) is 19.8 Å². The normalized spacial score (nSPS) is 14.8. The van der Waals surface area contributed by atoms with Crippen molar-refractivity contribution in [3.63, 3.8) is 0 Å². The molecule has 0 aromatic heterocycles. The number of hydrogen-bond donors (Lipinski definition) is 1. The largest absolute Gasteiger partial charge is 0.496 e. The molecule has 0 atom stereocenters. The van der Waals surface area contributed by atoms with Gasteiger partial charge in [0.2, 0.25) is 5.91 Å². The molecule has 2 amide bonds. The van der Waals surface area contributed by atoms with Gasteiger partial charge in [0.25, 0.3) is 5.91 Å². The van der Waals surface area contributed by atoms with E-state index in [2.05, 4.69) is 5.32 Å². The number of likely N-dealkylation sites (tertiary alicyclic amines) is 1. The fourth-order valence-electron chi connectivity index (χ4n) is 3.27. The Hall–Kier alpha value is -2.82. The smallest absolute Gasteiger partial charge is 0.257 e. The first-order chi connectivity index (χ1) is 12.6. The zero-order chi connectivity index (χ0) is 18.5. The SMILES string of the molecule is COc1ccc(C)cc1C(=O)N1CCC(C(=O)Nc2ccccc2)CC1. The van der Waals surface area contributed by atoms with Crippen LogP contribution in [0.15, 0.2) is 48.5 Å². The van der Waals surface area contributed by atoms with E-state index in [0.717, 1.165) is 11.3 Å². The lowest BCUT2D eigenvalue weighted by Gasteiger charge is -2.31. The highest BCUT2D eigenvalue weighted by Crippen LogP contribution is 2.25. The minimum Gasteiger partial charge on any atom is -0.496 e. The lowest BCUT2D eigenvalue weighted by molar-refractivity contribution is -0.121. The number of carbonyl (C=O) groups excluding carboxylic acids is 2. The molecule has 2 aromatic rings. The van der Waals surface area contributed by atoms with Gasteiger partial charge in [0, 0.05) is 24.7 Å². The number of amides is 2. The summed E-state index contributed by atoms with van der Waals surface area (Å²) in [5, 5.41) is 2.95. The standard InChI is InChI=1S/C21H24N2O3/c1-15-8-9-19(26-2)18(14-15)21(25)23-12-10-16(11-13-23)20(24)22-17-6-4-3-5-7-17/h3-9,14,16H,10-13H2,1-2H3,(H,22,24). The number of anilines is 1. The first kappa shape index (κ1) is 18.0. The summed E-state index contributed by atoms with van der Waals surface area (Å²) in [5.41, 5.74) is 2.41. The molecule has 1 aliphatic rings. The van der Waals surface area contributed by atoms with Gasteiger partial charge in [-0.3, -0.25) is 9.59 Å². The predicted molar refractivity (Wildman–Crippen MR) is 101 cm³/mol. The summed E-state index contributed by atoms with van der Waals surface area (Å²) in [6.45, 7) is 3.10. The molecule has 2 aromatic carbocycles. The topological polar surface area (TPSA) is 58.6 Å². The first-order valence-corrected chi connectivity index (χ1v) is 8.88. The van der Waals surface area contributed by atoms with Crippen LogP contribution in [-0.2, 0) is 4.79 Å². The molecule has 5 heteroatoms. The Morgan fingerprint density at radius 3 is 2.42 bits per heavy atom. The van der Waals surface area contributed by atoms with Crippen LogP contribution in [0.1, 0.15) is 28.8 Å². The van der Waals surface area contributed by atoms with Crippen LogP contribution in [0.3, 0.4) is 0 Å². The van der Waals surface area contributed by atoms with E-state index in [4.69, 9.17) is 4.74 Å². The van der Waals surface area contributed by atoms with E-state index in [1.54, 1.807) is 7.11 Å². The summed E-state index contributed by atoms with van der Waals surface area (Å²) in [5.74, 6) is 0.507. The summed E-state index contributed by atoms with van der Waals surface area (Å²) in [6.07, 6.45) is 1.33. The van der Waals surface area contributed by atoms with E-state index in [1.165, 1.54) is 0 Å². The summed E-state index contributed by atoms with van der Waals surface area (Å²) in [7, 11) is 1.57. The van der Waals surface area contributed by atoms with E-state index in [1.807, 2.05) is 60.4 Å². The van der Waals surface area contributed by atoms with Crippen molar-refractivity contribution in [2.75, 3.05) is 25.5 Å². The first-order valence-electron chi connectivity index (χ1n) is 8.88. The molecule has 1 saturated heterocycles. The maximum atomic E-state index is 12.8. The van der Waals surface area contributed by atoms with Gasteiger partial charge in [-0.25, -0.2) is 0 Å². The predicted octanol–water partition coefficient (Wildman–Crippen LogP) is 3.49. The van der Waals surface area contributed by atoms with Gasteiger partial charge in [0.05, 0.1) is 12.7 Å². The van der Waals surface area contributed by atoms with Gasteiger partial charge in [-0.1, -0.05) is 29.8 Å². The Balaban J connectivity index is 1.60. The Morgan fingerprint density at radius 2 is 1.77 bits per heavy atom. The van der Waals surface area contributed by atoms with Crippen LogP contribution in [0.4, 0.5) is 5.69 Å². The molecule has 0 bridgehead atoms. The molecule has 0 unspecified atom stereocenters. The minimum absolute atomic E-state index is 0.0245. The van der Waals surface area contributed by atoms with E-state index < -0.39 is 0 Å². The molecule has 0 saturated carbocycles. The number of benzene rings is 2. The molecular weight excluding hydrogens is 328 g/mol. The molecule has 1 N–H and O–H groups in total. The van der Waals surface area contributed by atoms with Crippen LogP contribution in [0.2, 0.25) is 0 Å². The number of piperidine rings is 1. The lowest BCUT2D eigenvalue weighted by atomic mass is 9.95. The van der Waals surface area contributed by atoms with Crippen molar-refractivity contribution in [1.29, 1.82) is 0 Å². The third kappa shape index (κ3) is 4.04. The van der Waals surface area contributed by atoms with Gasteiger partial charge in [-0.2, -0.15) is 0 Å². The van der Waals surface area contributed by atoms with E-state index in [-0.39, 0.29) is 17.7 Å². The van der Waals surface area contributed by atoms with Crippen LogP contribution in [-0.4, -0.2) is 36.9 Å². The molecule has 1 fully saturated rings. The number of nitrogens with zero attached hydrogens (tertiary/aromatic N) is 1. The fourth-order valence-corrected chi connectivity index (χ4v) is 3.27. The molecule has 3 rings (SSSR count). The Morgan fingerprint density at radius 1 is 1.08 bits per heavy atom. The molecule has 136 valence electrons. The third-order valence-electron chi connectivity index (χ3n) is 4.78. The highest BCUT2D eigenvalue weighted by molar-refractivity contribution is 5.97. The molecule has 1 heterocycles. The molecule has 0 aliphatic carbocycles. The highest BCUT2D eigenvalue weighted by atomic mass is 16.5. The summed E-state index contributed by atoms with van der Waals surface area (Å²) < 4.78 is 5.33. The fraction of sp³-hybridized carbons (Fsp3) is 0.333. The number of para-hydroxylation sites is 1. The molecule has 5 nitrogen and oxygen atoms in total. The highest BCUT2D eigenvalue weighted by Gasteiger charge is 2.29. The second kappa shape index (κ2) is 8.04. The Labute approximate surface area is 154 Å². The van der Waals surface area contributed by atoms with Crippen molar-refractivity contribution in [3.8, 4) is 5.75 Å². The van der Waals surface area contributed by atoms with Crippen molar-refractivity contribution in [1.82, 2.24) is 4.90 Å². The zero-order valence-electron chi connectivity index (χ0n) is 15.2. The molecule has 0 radical (unpaired) electrons. The number of rotatable bonds is 4. The number of methoxy groups -OCH3 is 1. The second-order valence-corrected chi connectivity index (χ2v) is 6.63. The second-order valence-electron chi connectivity index (χ2n) is 6.63. The average Bonchev–Trinajstić information content (AvgIpc) is 2.68. The lowest BCUT2D eigenvalue weighted by Crippen LogP contribution is -2.41. The van der Waals surface area contributed by atoms with Crippen LogP contribution in [0.25, 0.3) is 0 Å². The molecule has 26 heavy (non-hydrogen) atoms. The van der Waals surface area contributed by atoms with Crippen molar-refractivity contribution >= 4 is 17.5 Å². The third-order valence-corrected chi connectivity index (χ3v) is 4.78. The van der Waals surface area contributed by atoms with Gasteiger partial charge >= 0.3 is 0 Å². The minimum atomic E-state index is -0.0707. The maximum absolute atomic E-state index is 12.8. The Kier molecular flexibility index (Phi) is 5.56. The van der Waals surface area contributed by atoms with Crippen molar-refractivity contribution < 1.29 is 14.3 Å². The number of hydrogen-bond acceptors (Lipinski definition) is 3. The number of aryl methyl sites for hydroxylation is 1. The van der Waals surface area contributed by atoms with Gasteiger partial charge in [0.1, 0.15) is 5.75 Å². The van der Waals surface area contributed by atoms with Crippen LogP contribution < -0.4 is 10.1 Å². The maximum Gasteiger partial charge on any atom is 0.257 e. The number of ether oxygens (including phenoxy) is 1. The van der Waals surface area contributed by atoms with Gasteiger partial charge in [-0.05, 0) is 44.0 Å². The number of carbonyl (C=O) groups is 2. The van der Waals surface area contributed by atoms with E-state index >= 15 is 0 Å². The molecule has 1 aliphatic heterocycles. The monoisotopic (exact) mass is 352 g/mol. The quantitative estimate of drug-likeness (QED) is 0.916. The Bertz CT molecular complexity index is 781. The molecular formula is C21H24N2O3. The summed E-state index contributed by atoms with van der Waals surface area (Å²) in [6, 6.07) is 15.1. The van der Waals surface area contributed by atoms with Crippen LogP contribution in [0, 0.1) is 12.8 Å². The van der Waals surface area contributed by atoms with E-state index in [9.17, 15) is 9.59 Å². The van der Waals surface area contributed by atoms with Crippen LogP contribution >= 0.6 is 0 Å². The number of nitrogens with one attached hydrogen (secondary N) is 1. The summed E-state index contributed by atoms with van der Waals surface area (Å²) >= 11 is 0. The summed E-state index contributed by atoms with van der Waals surface area (Å²) in [4.78, 5) is 27.1. The van der Waals surface area contributed by atoms with Gasteiger partial charge in [0.15, 0.2) is 0 Å².